The lowest BCUT2D eigenvalue weighted by molar-refractivity contribution is 0.321. The van der Waals surface area contributed by atoms with Gasteiger partial charge in [-0.05, 0) is 35.6 Å². The van der Waals surface area contributed by atoms with Crippen LogP contribution in [0.5, 0.6) is 0 Å². The molecule has 1 N–H and O–H groups in total. The highest BCUT2D eigenvalue weighted by Gasteiger charge is 2.30. The summed E-state index contributed by atoms with van der Waals surface area (Å²) in [7, 11) is 0. The van der Waals surface area contributed by atoms with Crippen LogP contribution < -0.4 is 5.32 Å². The van der Waals surface area contributed by atoms with Crippen LogP contribution in [0, 0.1) is 17.7 Å². The molecule has 2 rings (SSSR count). The largest absolute Gasteiger partial charge is 0.384 e. The second-order valence-electron chi connectivity index (χ2n) is 5.04. The van der Waals surface area contributed by atoms with E-state index in [9.17, 15) is 4.39 Å². The van der Waals surface area contributed by atoms with E-state index in [1.165, 1.54) is 11.6 Å². The van der Waals surface area contributed by atoms with Crippen molar-refractivity contribution in [2.45, 2.75) is 33.1 Å². The third-order valence-electron chi connectivity index (χ3n) is 3.77. The second-order valence-corrected chi connectivity index (χ2v) is 5.04. The predicted molar refractivity (Wildman–Crippen MR) is 66.2 cm³/mol. The molecule has 88 valence electrons. The van der Waals surface area contributed by atoms with Crippen LogP contribution in [0.1, 0.15) is 38.7 Å². The van der Waals surface area contributed by atoms with Crippen molar-refractivity contribution >= 4 is 5.69 Å². The first-order valence-electron chi connectivity index (χ1n) is 6.16. The van der Waals surface area contributed by atoms with Crippen molar-refractivity contribution in [1.29, 1.82) is 0 Å². The Morgan fingerprint density at radius 2 is 2.19 bits per heavy atom. The Morgan fingerprint density at radius 1 is 1.44 bits per heavy atom. The fourth-order valence-corrected chi connectivity index (χ4v) is 2.93. The molecule has 2 heteroatoms. The third-order valence-corrected chi connectivity index (χ3v) is 3.77. The molecule has 0 saturated carbocycles. The Kier molecular flexibility index (Phi) is 3.17. The number of hydrogen-bond donors (Lipinski definition) is 1. The van der Waals surface area contributed by atoms with E-state index in [2.05, 4.69) is 26.1 Å². The van der Waals surface area contributed by atoms with Crippen LogP contribution in [0.25, 0.3) is 0 Å². The summed E-state index contributed by atoms with van der Waals surface area (Å²) in [6, 6.07) is 5.09. The molecule has 0 radical (unpaired) electrons. The number of halogens is 1. The maximum atomic E-state index is 13.3. The fraction of sp³-hybridized carbons (Fsp3) is 0.571. The molecule has 0 saturated heterocycles. The normalized spacial score (nSPS) is 20.7. The van der Waals surface area contributed by atoms with Crippen molar-refractivity contribution in [1.82, 2.24) is 0 Å². The van der Waals surface area contributed by atoms with Gasteiger partial charge in [-0.2, -0.15) is 0 Å². The molecular weight excluding hydrogens is 201 g/mol. The molecule has 1 aromatic carbocycles. The molecule has 1 aromatic rings. The highest BCUT2D eigenvalue weighted by atomic mass is 19.1. The molecule has 0 bridgehead atoms. The van der Waals surface area contributed by atoms with E-state index in [-0.39, 0.29) is 5.82 Å². The standard InChI is InChI=1S/C14H20FN/c1-4-11(9(2)3)13-8-16-14-6-5-10(15)7-12(13)14/h5-7,9,11,13,16H,4,8H2,1-3H3. The van der Waals surface area contributed by atoms with Crippen LogP contribution >= 0.6 is 0 Å². The average Bonchev–Trinajstić information content (AvgIpc) is 2.62. The Morgan fingerprint density at radius 3 is 2.81 bits per heavy atom. The molecule has 2 atom stereocenters. The van der Waals surface area contributed by atoms with Gasteiger partial charge in [0.15, 0.2) is 0 Å². The second kappa shape index (κ2) is 4.44. The predicted octanol–water partition coefficient (Wildman–Crippen LogP) is 4.02. The number of nitrogens with one attached hydrogen (secondary N) is 1. The van der Waals surface area contributed by atoms with Crippen LogP contribution in [0.15, 0.2) is 18.2 Å². The minimum Gasteiger partial charge on any atom is -0.384 e. The minimum atomic E-state index is -0.119. The zero-order chi connectivity index (χ0) is 11.7. The highest BCUT2D eigenvalue weighted by Crippen LogP contribution is 2.40. The molecule has 1 nitrogen and oxygen atoms in total. The lowest BCUT2D eigenvalue weighted by atomic mass is 9.79. The molecule has 0 fully saturated rings. The number of hydrogen-bond acceptors (Lipinski definition) is 1. The van der Waals surface area contributed by atoms with E-state index >= 15 is 0 Å². The Balaban J connectivity index is 2.31. The van der Waals surface area contributed by atoms with Gasteiger partial charge in [-0.3, -0.25) is 0 Å². The first kappa shape index (κ1) is 11.4. The summed E-state index contributed by atoms with van der Waals surface area (Å²) in [6.45, 7) is 7.69. The molecule has 0 amide bonds. The first-order valence-corrected chi connectivity index (χ1v) is 6.16. The van der Waals surface area contributed by atoms with E-state index in [1.54, 1.807) is 6.07 Å². The van der Waals surface area contributed by atoms with Gasteiger partial charge in [0.2, 0.25) is 0 Å². The van der Waals surface area contributed by atoms with Crippen LogP contribution in [0.4, 0.5) is 10.1 Å². The van der Waals surface area contributed by atoms with Crippen molar-refractivity contribution in [3.05, 3.63) is 29.6 Å². The molecule has 2 unspecified atom stereocenters. The molecule has 16 heavy (non-hydrogen) atoms. The van der Waals surface area contributed by atoms with Gasteiger partial charge in [0.1, 0.15) is 5.82 Å². The fourth-order valence-electron chi connectivity index (χ4n) is 2.93. The zero-order valence-electron chi connectivity index (χ0n) is 10.3. The van der Waals surface area contributed by atoms with Gasteiger partial charge in [0, 0.05) is 18.2 Å². The number of benzene rings is 1. The Bertz CT molecular complexity index is 373. The summed E-state index contributed by atoms with van der Waals surface area (Å²) in [6.07, 6.45) is 1.15. The SMILES string of the molecule is CCC(C(C)C)C1CNc2ccc(F)cc21. The maximum absolute atomic E-state index is 13.3. The molecule has 1 aliphatic heterocycles. The maximum Gasteiger partial charge on any atom is 0.123 e. The van der Waals surface area contributed by atoms with Crippen molar-refractivity contribution in [2.75, 3.05) is 11.9 Å². The summed E-state index contributed by atoms with van der Waals surface area (Å²) >= 11 is 0. The molecule has 1 heterocycles. The monoisotopic (exact) mass is 221 g/mol. The lowest BCUT2D eigenvalue weighted by Gasteiger charge is -2.26. The van der Waals surface area contributed by atoms with E-state index in [4.69, 9.17) is 0 Å². The van der Waals surface area contributed by atoms with Crippen molar-refractivity contribution in [2.24, 2.45) is 11.8 Å². The first-order chi connectivity index (χ1) is 7.63. The van der Waals surface area contributed by atoms with E-state index in [0.717, 1.165) is 18.7 Å². The minimum absolute atomic E-state index is 0.119. The number of anilines is 1. The van der Waals surface area contributed by atoms with Gasteiger partial charge in [0.05, 0.1) is 0 Å². The van der Waals surface area contributed by atoms with E-state index < -0.39 is 0 Å². The lowest BCUT2D eigenvalue weighted by Crippen LogP contribution is -2.19. The Hall–Kier alpha value is -1.05. The number of rotatable bonds is 3. The van der Waals surface area contributed by atoms with Gasteiger partial charge in [-0.25, -0.2) is 4.39 Å². The summed E-state index contributed by atoms with van der Waals surface area (Å²) in [5, 5.41) is 3.38. The van der Waals surface area contributed by atoms with Gasteiger partial charge in [-0.1, -0.05) is 27.2 Å². The van der Waals surface area contributed by atoms with Crippen LogP contribution in [0.2, 0.25) is 0 Å². The average molecular weight is 221 g/mol. The van der Waals surface area contributed by atoms with Crippen molar-refractivity contribution < 1.29 is 4.39 Å². The van der Waals surface area contributed by atoms with E-state index in [1.807, 2.05) is 6.07 Å². The van der Waals surface area contributed by atoms with Gasteiger partial charge < -0.3 is 5.32 Å². The molecule has 0 aromatic heterocycles. The summed E-state index contributed by atoms with van der Waals surface area (Å²) < 4.78 is 13.3. The topological polar surface area (TPSA) is 12.0 Å². The van der Waals surface area contributed by atoms with Gasteiger partial charge >= 0.3 is 0 Å². The molecule has 1 aliphatic rings. The van der Waals surface area contributed by atoms with E-state index in [0.29, 0.717) is 17.8 Å². The van der Waals surface area contributed by atoms with Crippen molar-refractivity contribution in [3.63, 3.8) is 0 Å². The van der Waals surface area contributed by atoms with Gasteiger partial charge in [-0.15, -0.1) is 0 Å². The van der Waals surface area contributed by atoms with Gasteiger partial charge in [0.25, 0.3) is 0 Å². The zero-order valence-corrected chi connectivity index (χ0v) is 10.3. The Labute approximate surface area is 97.1 Å². The quantitative estimate of drug-likeness (QED) is 0.813. The molecule has 0 spiro atoms. The summed E-state index contributed by atoms with van der Waals surface area (Å²) in [4.78, 5) is 0. The summed E-state index contributed by atoms with van der Waals surface area (Å²) in [5.74, 6) is 1.63. The van der Waals surface area contributed by atoms with Crippen LogP contribution in [0.3, 0.4) is 0 Å². The third kappa shape index (κ3) is 1.93. The number of fused-ring (bicyclic) bond motifs is 1. The highest BCUT2D eigenvalue weighted by molar-refractivity contribution is 5.58. The smallest absolute Gasteiger partial charge is 0.123 e. The molecular formula is C14H20FN. The molecule has 0 aliphatic carbocycles. The van der Waals surface area contributed by atoms with Crippen molar-refractivity contribution in [3.8, 4) is 0 Å². The van der Waals surface area contributed by atoms with Crippen LogP contribution in [-0.2, 0) is 0 Å². The van der Waals surface area contributed by atoms with Crippen LogP contribution in [-0.4, -0.2) is 6.54 Å². The summed E-state index contributed by atoms with van der Waals surface area (Å²) in [5.41, 5.74) is 2.28.